The lowest BCUT2D eigenvalue weighted by Crippen LogP contribution is -2.18. The molecule has 1 atom stereocenters. The molecule has 0 aliphatic carbocycles. The Morgan fingerprint density at radius 3 is 2.67 bits per heavy atom. The van der Waals surface area contributed by atoms with Gasteiger partial charge in [0.15, 0.2) is 0 Å². The molecule has 0 aliphatic rings. The van der Waals surface area contributed by atoms with E-state index in [9.17, 15) is 0 Å². The van der Waals surface area contributed by atoms with Crippen LogP contribution in [0.4, 0.5) is 0 Å². The highest BCUT2D eigenvalue weighted by Crippen LogP contribution is 2.27. The molecule has 0 radical (unpaired) electrons. The second-order valence-corrected chi connectivity index (χ2v) is 6.48. The number of rotatable bonds is 6. The van der Waals surface area contributed by atoms with E-state index in [0.717, 1.165) is 34.2 Å². The number of nitrogens with zero attached hydrogens (tertiary/aromatic N) is 1. The summed E-state index contributed by atoms with van der Waals surface area (Å²) < 4.78 is 11.2. The van der Waals surface area contributed by atoms with Crippen molar-refractivity contribution in [1.29, 1.82) is 0 Å². The van der Waals surface area contributed by atoms with E-state index < -0.39 is 0 Å². The van der Waals surface area contributed by atoms with Crippen molar-refractivity contribution in [1.82, 2.24) is 4.98 Å². The summed E-state index contributed by atoms with van der Waals surface area (Å²) >= 11 is 1.67. The summed E-state index contributed by atoms with van der Waals surface area (Å²) in [6, 6.07) is 5.94. The average molecular weight is 306 g/mol. The molecule has 1 aromatic heterocycles. The number of hydrogen-bond donors (Lipinski definition) is 1. The van der Waals surface area contributed by atoms with Crippen molar-refractivity contribution >= 4 is 11.3 Å². The van der Waals surface area contributed by atoms with Crippen LogP contribution in [0.1, 0.15) is 28.1 Å². The number of methoxy groups -OCH3 is 1. The molecule has 114 valence electrons. The molecule has 0 fully saturated rings. The fourth-order valence-electron chi connectivity index (χ4n) is 2.05. The maximum absolute atomic E-state index is 5.95. The molecule has 1 unspecified atom stereocenters. The summed E-state index contributed by atoms with van der Waals surface area (Å²) in [6.45, 7) is 6.55. The monoisotopic (exact) mass is 306 g/mol. The molecule has 1 heterocycles. The number of benzene rings is 1. The third kappa shape index (κ3) is 4.19. The molecular weight excluding hydrogens is 284 g/mol. The topological polar surface area (TPSA) is 57.4 Å². The Morgan fingerprint density at radius 1 is 1.33 bits per heavy atom. The second kappa shape index (κ2) is 6.91. The number of ether oxygens (including phenoxy) is 2. The standard InChI is InChI=1S/C16H22N2O2S/c1-10(17)7-13-5-6-14(19-4)8-15(13)20-9-16-18-11(2)12(3)21-16/h5-6,8,10H,7,9,17H2,1-4H3. The van der Waals surface area contributed by atoms with Gasteiger partial charge in [-0.3, -0.25) is 0 Å². The third-order valence-electron chi connectivity index (χ3n) is 3.24. The van der Waals surface area contributed by atoms with Gasteiger partial charge < -0.3 is 15.2 Å². The normalized spacial score (nSPS) is 12.2. The van der Waals surface area contributed by atoms with E-state index in [2.05, 4.69) is 11.9 Å². The van der Waals surface area contributed by atoms with Crippen LogP contribution in [-0.2, 0) is 13.0 Å². The van der Waals surface area contributed by atoms with Crippen molar-refractivity contribution in [2.75, 3.05) is 7.11 Å². The molecule has 0 aliphatic heterocycles. The number of hydrogen-bond acceptors (Lipinski definition) is 5. The highest BCUT2D eigenvalue weighted by molar-refractivity contribution is 7.11. The summed E-state index contributed by atoms with van der Waals surface area (Å²) in [5.74, 6) is 1.60. The molecular formula is C16H22N2O2S. The first kappa shape index (κ1) is 15.8. The van der Waals surface area contributed by atoms with Crippen LogP contribution in [0, 0.1) is 13.8 Å². The zero-order valence-electron chi connectivity index (χ0n) is 13.0. The first-order valence-electron chi connectivity index (χ1n) is 6.97. The Balaban J connectivity index is 2.16. The van der Waals surface area contributed by atoms with E-state index in [0.29, 0.717) is 6.61 Å². The van der Waals surface area contributed by atoms with Crippen LogP contribution in [0.25, 0.3) is 0 Å². The predicted molar refractivity (Wildman–Crippen MR) is 86.3 cm³/mol. The maximum Gasteiger partial charge on any atom is 0.140 e. The van der Waals surface area contributed by atoms with Crippen LogP contribution in [0.15, 0.2) is 18.2 Å². The lowest BCUT2D eigenvalue weighted by molar-refractivity contribution is 0.299. The first-order valence-corrected chi connectivity index (χ1v) is 7.79. The van der Waals surface area contributed by atoms with Gasteiger partial charge in [-0.1, -0.05) is 6.07 Å². The SMILES string of the molecule is COc1ccc(CC(C)N)c(OCc2nc(C)c(C)s2)c1. The molecule has 0 spiro atoms. The Labute approximate surface area is 129 Å². The quantitative estimate of drug-likeness (QED) is 0.890. The maximum atomic E-state index is 5.95. The van der Waals surface area contributed by atoms with Crippen LogP contribution < -0.4 is 15.2 Å². The van der Waals surface area contributed by atoms with Crippen LogP contribution in [0.2, 0.25) is 0 Å². The van der Waals surface area contributed by atoms with Gasteiger partial charge in [-0.05, 0) is 38.8 Å². The van der Waals surface area contributed by atoms with Gasteiger partial charge in [0.05, 0.1) is 12.8 Å². The smallest absolute Gasteiger partial charge is 0.140 e. The van der Waals surface area contributed by atoms with Crippen LogP contribution in [0.5, 0.6) is 11.5 Å². The number of thiazole rings is 1. The molecule has 1 aromatic carbocycles. The minimum atomic E-state index is 0.0881. The summed E-state index contributed by atoms with van der Waals surface area (Å²) in [4.78, 5) is 5.73. The molecule has 5 heteroatoms. The van der Waals surface area contributed by atoms with Crippen molar-refractivity contribution < 1.29 is 9.47 Å². The van der Waals surface area contributed by atoms with Crippen molar-refractivity contribution in [3.05, 3.63) is 39.3 Å². The summed E-state index contributed by atoms with van der Waals surface area (Å²) in [6.07, 6.45) is 0.773. The molecule has 2 N–H and O–H groups in total. The molecule has 0 saturated heterocycles. The minimum Gasteiger partial charge on any atom is -0.497 e. The average Bonchev–Trinajstić information content (AvgIpc) is 2.76. The Kier molecular flexibility index (Phi) is 5.20. The summed E-state index contributed by atoms with van der Waals surface area (Å²) in [5, 5.41) is 0.986. The van der Waals surface area contributed by atoms with Crippen molar-refractivity contribution in [2.24, 2.45) is 5.73 Å². The van der Waals surface area contributed by atoms with E-state index in [4.69, 9.17) is 15.2 Å². The van der Waals surface area contributed by atoms with Crippen molar-refractivity contribution in [3.63, 3.8) is 0 Å². The first-order chi connectivity index (χ1) is 9.99. The lowest BCUT2D eigenvalue weighted by atomic mass is 10.1. The van der Waals surface area contributed by atoms with Crippen molar-refractivity contribution in [2.45, 2.75) is 39.8 Å². The minimum absolute atomic E-state index is 0.0881. The highest BCUT2D eigenvalue weighted by atomic mass is 32.1. The predicted octanol–water partition coefficient (Wildman–Crippen LogP) is 3.24. The highest BCUT2D eigenvalue weighted by Gasteiger charge is 2.10. The van der Waals surface area contributed by atoms with Gasteiger partial charge in [0.2, 0.25) is 0 Å². The van der Waals surface area contributed by atoms with E-state index in [1.807, 2.05) is 32.0 Å². The molecule has 4 nitrogen and oxygen atoms in total. The summed E-state index contributed by atoms with van der Waals surface area (Å²) in [5.41, 5.74) is 8.06. The van der Waals surface area contributed by atoms with Gasteiger partial charge in [-0.25, -0.2) is 4.98 Å². The second-order valence-electron chi connectivity index (χ2n) is 5.19. The largest absolute Gasteiger partial charge is 0.497 e. The van der Waals surface area contributed by atoms with Gasteiger partial charge in [0, 0.05) is 17.0 Å². The molecule has 0 saturated carbocycles. The molecule has 21 heavy (non-hydrogen) atoms. The summed E-state index contributed by atoms with van der Waals surface area (Å²) in [7, 11) is 1.65. The van der Waals surface area contributed by atoms with Gasteiger partial charge in [-0.15, -0.1) is 11.3 Å². The molecule has 0 amide bonds. The Hall–Kier alpha value is -1.59. The van der Waals surface area contributed by atoms with Gasteiger partial charge in [-0.2, -0.15) is 0 Å². The Bertz CT molecular complexity index is 589. The number of aryl methyl sites for hydroxylation is 2. The van der Waals surface area contributed by atoms with Crippen LogP contribution in [-0.4, -0.2) is 18.1 Å². The van der Waals surface area contributed by atoms with E-state index in [-0.39, 0.29) is 6.04 Å². The van der Waals surface area contributed by atoms with Crippen molar-refractivity contribution in [3.8, 4) is 11.5 Å². The van der Waals surface area contributed by atoms with Gasteiger partial charge in [0.1, 0.15) is 23.1 Å². The molecule has 0 bridgehead atoms. The number of aromatic nitrogens is 1. The van der Waals surface area contributed by atoms with E-state index in [1.165, 1.54) is 4.88 Å². The van der Waals surface area contributed by atoms with Gasteiger partial charge >= 0.3 is 0 Å². The zero-order valence-corrected chi connectivity index (χ0v) is 13.8. The zero-order chi connectivity index (χ0) is 15.4. The third-order valence-corrected chi connectivity index (χ3v) is 4.29. The number of nitrogens with two attached hydrogens (primary N) is 1. The van der Waals surface area contributed by atoms with Crippen LogP contribution in [0.3, 0.4) is 0 Å². The van der Waals surface area contributed by atoms with Crippen LogP contribution >= 0.6 is 11.3 Å². The molecule has 2 rings (SSSR count). The van der Waals surface area contributed by atoms with E-state index in [1.54, 1.807) is 18.4 Å². The van der Waals surface area contributed by atoms with E-state index >= 15 is 0 Å². The fraction of sp³-hybridized carbons (Fsp3) is 0.438. The fourth-order valence-corrected chi connectivity index (χ4v) is 2.90. The Morgan fingerprint density at radius 2 is 2.10 bits per heavy atom. The molecule has 2 aromatic rings. The lowest BCUT2D eigenvalue weighted by Gasteiger charge is -2.13. The van der Waals surface area contributed by atoms with Gasteiger partial charge in [0.25, 0.3) is 0 Å².